The van der Waals surface area contributed by atoms with Gasteiger partial charge < -0.3 is 10.6 Å². The summed E-state index contributed by atoms with van der Waals surface area (Å²) in [4.78, 5) is 23.1. The van der Waals surface area contributed by atoms with Crippen molar-refractivity contribution in [3.8, 4) is 0 Å². The highest BCUT2D eigenvalue weighted by Gasteiger charge is 2.16. The number of halogens is 3. The summed E-state index contributed by atoms with van der Waals surface area (Å²) in [7, 11) is 0. The van der Waals surface area contributed by atoms with Gasteiger partial charge in [-0.05, 0) is 30.3 Å². The summed E-state index contributed by atoms with van der Waals surface area (Å²) in [6, 6.07) is 8.49. The molecule has 0 spiro atoms. The van der Waals surface area contributed by atoms with Crippen LogP contribution in [0.2, 0.25) is 10.0 Å². The van der Waals surface area contributed by atoms with Crippen molar-refractivity contribution in [3.63, 3.8) is 0 Å². The molecule has 0 heterocycles. The molecule has 0 aromatic heterocycles. The van der Waals surface area contributed by atoms with Crippen LogP contribution in [0.15, 0.2) is 36.4 Å². The maximum atomic E-state index is 13.7. The minimum atomic E-state index is -0.717. The molecule has 4 nitrogen and oxygen atoms in total. The van der Waals surface area contributed by atoms with E-state index in [2.05, 4.69) is 10.6 Å². The lowest BCUT2D eigenvalue weighted by Crippen LogP contribution is -2.14. The molecule has 2 amide bonds. The van der Waals surface area contributed by atoms with E-state index in [1.54, 1.807) is 0 Å². The fourth-order valence-corrected chi connectivity index (χ4v) is 2.27. The predicted octanol–water partition coefficient (Wildman–Crippen LogP) is 4.34. The molecule has 22 heavy (non-hydrogen) atoms. The molecular weight excluding hydrogens is 330 g/mol. The molecule has 7 heteroatoms. The zero-order chi connectivity index (χ0) is 16.3. The lowest BCUT2D eigenvalue weighted by molar-refractivity contribution is -0.114. The third-order valence-electron chi connectivity index (χ3n) is 2.73. The van der Waals surface area contributed by atoms with Crippen molar-refractivity contribution >= 4 is 46.4 Å². The molecule has 2 N–H and O–H groups in total. The van der Waals surface area contributed by atoms with Crippen LogP contribution >= 0.6 is 23.2 Å². The van der Waals surface area contributed by atoms with Gasteiger partial charge in [0.2, 0.25) is 5.91 Å². The molecule has 2 rings (SSSR count). The Balaban J connectivity index is 2.22. The average molecular weight is 341 g/mol. The summed E-state index contributed by atoms with van der Waals surface area (Å²) in [5.74, 6) is -1.67. The lowest BCUT2D eigenvalue weighted by Gasteiger charge is -2.10. The van der Waals surface area contributed by atoms with Gasteiger partial charge in [0.15, 0.2) is 0 Å². The van der Waals surface area contributed by atoms with Gasteiger partial charge in [-0.15, -0.1) is 0 Å². The quantitative estimate of drug-likeness (QED) is 0.872. The summed E-state index contributed by atoms with van der Waals surface area (Å²) in [5, 5.41) is 5.30. The molecule has 0 saturated carbocycles. The van der Waals surface area contributed by atoms with Gasteiger partial charge in [-0.1, -0.05) is 29.3 Å². The van der Waals surface area contributed by atoms with Gasteiger partial charge in [-0.3, -0.25) is 9.59 Å². The molecule has 0 bridgehead atoms. The molecule has 2 aromatic rings. The van der Waals surface area contributed by atoms with Gasteiger partial charge in [-0.2, -0.15) is 0 Å². The molecule has 0 radical (unpaired) electrons. The number of amides is 2. The summed E-state index contributed by atoms with van der Waals surface area (Å²) in [6.45, 7) is 1.35. The first-order valence-corrected chi connectivity index (χ1v) is 6.96. The Morgan fingerprint density at radius 1 is 1.05 bits per heavy atom. The summed E-state index contributed by atoms with van der Waals surface area (Å²) < 4.78 is 13.7. The number of hydrogen-bond donors (Lipinski definition) is 2. The maximum absolute atomic E-state index is 13.7. The van der Waals surface area contributed by atoms with Crippen molar-refractivity contribution in [2.45, 2.75) is 6.92 Å². The van der Waals surface area contributed by atoms with E-state index in [0.717, 1.165) is 6.07 Å². The van der Waals surface area contributed by atoms with Crippen molar-refractivity contribution in [2.75, 3.05) is 10.6 Å². The Morgan fingerprint density at radius 3 is 2.36 bits per heavy atom. The third kappa shape index (κ3) is 3.75. The number of carbonyl (C=O) groups excluding carboxylic acids is 2. The molecule has 0 saturated heterocycles. The van der Waals surface area contributed by atoms with E-state index in [1.165, 1.54) is 37.3 Å². The van der Waals surface area contributed by atoms with E-state index in [4.69, 9.17) is 23.2 Å². The van der Waals surface area contributed by atoms with E-state index in [1.807, 2.05) is 0 Å². The normalized spacial score (nSPS) is 10.2. The van der Waals surface area contributed by atoms with E-state index in [-0.39, 0.29) is 21.5 Å². The molecule has 0 aliphatic heterocycles. The lowest BCUT2D eigenvalue weighted by atomic mass is 10.2. The number of carbonyl (C=O) groups is 2. The van der Waals surface area contributed by atoms with Crippen LogP contribution in [-0.2, 0) is 4.79 Å². The molecular formula is C15H11Cl2FN2O2. The molecule has 0 aliphatic rings. The van der Waals surface area contributed by atoms with Crippen molar-refractivity contribution in [1.29, 1.82) is 0 Å². The van der Waals surface area contributed by atoms with Crippen LogP contribution in [0.1, 0.15) is 17.3 Å². The summed E-state index contributed by atoms with van der Waals surface area (Å²) in [5.41, 5.74) is 0.519. The van der Waals surface area contributed by atoms with Gasteiger partial charge in [0.05, 0.1) is 21.3 Å². The van der Waals surface area contributed by atoms with Crippen molar-refractivity contribution in [3.05, 3.63) is 57.8 Å². The van der Waals surface area contributed by atoms with E-state index < -0.39 is 11.7 Å². The molecule has 114 valence electrons. The average Bonchev–Trinajstić information content (AvgIpc) is 2.41. The van der Waals surface area contributed by atoms with Crippen molar-refractivity contribution in [1.82, 2.24) is 0 Å². The largest absolute Gasteiger partial charge is 0.325 e. The Kier molecular flexibility index (Phi) is 5.00. The fraction of sp³-hybridized carbons (Fsp3) is 0.0667. The van der Waals surface area contributed by atoms with Crippen LogP contribution in [-0.4, -0.2) is 11.8 Å². The van der Waals surface area contributed by atoms with E-state index in [0.29, 0.717) is 11.4 Å². The molecule has 0 atom stereocenters. The SMILES string of the molecule is CC(=O)Nc1ccc(NC(=O)c2c(F)cccc2Cl)cc1Cl. The number of nitrogens with one attached hydrogen (secondary N) is 2. The Labute approximate surface area is 136 Å². The van der Waals surface area contributed by atoms with Gasteiger partial charge in [-0.25, -0.2) is 4.39 Å². The van der Waals surface area contributed by atoms with Crippen LogP contribution in [0, 0.1) is 5.82 Å². The van der Waals surface area contributed by atoms with Crippen LogP contribution in [0.5, 0.6) is 0 Å². The number of hydrogen-bond acceptors (Lipinski definition) is 2. The van der Waals surface area contributed by atoms with Crippen LogP contribution < -0.4 is 10.6 Å². The first-order chi connectivity index (χ1) is 10.4. The van der Waals surface area contributed by atoms with Gasteiger partial charge in [0.25, 0.3) is 5.91 Å². The number of benzene rings is 2. The Hall–Kier alpha value is -2.11. The molecule has 0 aliphatic carbocycles. The molecule has 2 aromatic carbocycles. The van der Waals surface area contributed by atoms with E-state index >= 15 is 0 Å². The second-order valence-electron chi connectivity index (χ2n) is 4.43. The maximum Gasteiger partial charge on any atom is 0.260 e. The standard InChI is InChI=1S/C15H11Cl2FN2O2/c1-8(21)19-13-6-5-9(7-11(13)17)20-15(22)14-10(16)3-2-4-12(14)18/h2-7H,1H3,(H,19,21)(H,20,22). The minimum absolute atomic E-state index is 0.0125. The van der Waals surface area contributed by atoms with Gasteiger partial charge in [0, 0.05) is 12.6 Å². The number of rotatable bonds is 3. The monoisotopic (exact) mass is 340 g/mol. The third-order valence-corrected chi connectivity index (χ3v) is 3.36. The summed E-state index contributed by atoms with van der Waals surface area (Å²) >= 11 is 11.8. The van der Waals surface area contributed by atoms with Crippen LogP contribution in [0.25, 0.3) is 0 Å². The predicted molar refractivity (Wildman–Crippen MR) is 85.1 cm³/mol. The highest BCUT2D eigenvalue weighted by atomic mass is 35.5. The van der Waals surface area contributed by atoms with Gasteiger partial charge >= 0.3 is 0 Å². The minimum Gasteiger partial charge on any atom is -0.325 e. The first-order valence-electron chi connectivity index (χ1n) is 6.21. The van der Waals surface area contributed by atoms with E-state index in [9.17, 15) is 14.0 Å². The first kappa shape index (κ1) is 16.3. The van der Waals surface area contributed by atoms with Crippen LogP contribution in [0.3, 0.4) is 0 Å². The number of anilines is 2. The fourth-order valence-electron chi connectivity index (χ4n) is 1.79. The highest BCUT2D eigenvalue weighted by Crippen LogP contribution is 2.26. The smallest absolute Gasteiger partial charge is 0.260 e. The summed E-state index contributed by atoms with van der Waals surface area (Å²) in [6.07, 6.45) is 0. The topological polar surface area (TPSA) is 58.2 Å². The Bertz CT molecular complexity index is 730. The zero-order valence-electron chi connectivity index (χ0n) is 11.4. The molecule has 0 unspecified atom stereocenters. The molecule has 0 fully saturated rings. The van der Waals surface area contributed by atoms with Crippen molar-refractivity contribution < 1.29 is 14.0 Å². The van der Waals surface area contributed by atoms with Gasteiger partial charge in [0.1, 0.15) is 5.82 Å². The highest BCUT2D eigenvalue weighted by molar-refractivity contribution is 6.35. The Morgan fingerprint density at radius 2 is 1.77 bits per heavy atom. The van der Waals surface area contributed by atoms with Crippen LogP contribution in [0.4, 0.5) is 15.8 Å². The van der Waals surface area contributed by atoms with Crippen molar-refractivity contribution in [2.24, 2.45) is 0 Å². The second-order valence-corrected chi connectivity index (χ2v) is 5.24. The zero-order valence-corrected chi connectivity index (χ0v) is 12.9. The second kappa shape index (κ2) is 6.77.